The van der Waals surface area contributed by atoms with Crippen molar-refractivity contribution in [1.29, 1.82) is 0 Å². The van der Waals surface area contributed by atoms with Gasteiger partial charge in [-0.2, -0.15) is 0 Å². The summed E-state index contributed by atoms with van der Waals surface area (Å²) in [5, 5.41) is 12.1. The lowest BCUT2D eigenvalue weighted by molar-refractivity contribution is 0.954. The minimum atomic E-state index is -0.111. The molecule has 0 amide bonds. The molecule has 1 aliphatic heterocycles. The number of para-hydroxylation sites is 3. The summed E-state index contributed by atoms with van der Waals surface area (Å²) >= 11 is 1.52. The van der Waals surface area contributed by atoms with Gasteiger partial charge < -0.3 is 0 Å². The van der Waals surface area contributed by atoms with E-state index in [1.165, 1.54) is 11.3 Å². The van der Waals surface area contributed by atoms with Gasteiger partial charge in [0.05, 0.1) is 22.3 Å². The van der Waals surface area contributed by atoms with Crippen LogP contribution in [-0.2, 0) is 0 Å². The number of nitrogens with zero attached hydrogens (tertiary/aromatic N) is 5. The van der Waals surface area contributed by atoms with E-state index >= 15 is 0 Å². The molecule has 6 aromatic rings. The van der Waals surface area contributed by atoms with E-state index in [1.807, 2.05) is 78.9 Å². The molecule has 2 aromatic heterocycles. The second-order valence-electron chi connectivity index (χ2n) is 8.60. The molecule has 176 valence electrons. The predicted molar refractivity (Wildman–Crippen MR) is 148 cm³/mol. The summed E-state index contributed by atoms with van der Waals surface area (Å²) in [6.45, 7) is 0. The van der Waals surface area contributed by atoms with E-state index in [9.17, 15) is 4.79 Å². The Balaban J connectivity index is 1.48. The van der Waals surface area contributed by atoms with Gasteiger partial charge in [-0.25, -0.2) is 4.98 Å². The largest absolute Gasteiger partial charge is 0.284 e. The van der Waals surface area contributed by atoms with Crippen molar-refractivity contribution in [2.75, 3.05) is 0 Å². The molecule has 0 saturated heterocycles. The highest BCUT2D eigenvalue weighted by Crippen LogP contribution is 2.27. The van der Waals surface area contributed by atoms with Crippen molar-refractivity contribution in [3.63, 3.8) is 0 Å². The standard InChI is InChI=1S/C30H19N5OS/c36-29-22-15-7-9-17-24(22)31-28-27(23-16-8-10-18-25(23)35(28)29)32-33-30-34(21-13-5-2-6-14-21)26(19-37-30)20-11-3-1-4-12-20/h1-19H/b32-27-,33-30+. The molecule has 0 radical (unpaired) electrons. The molecule has 0 fully saturated rings. The molecule has 3 heterocycles. The highest BCUT2D eigenvalue weighted by molar-refractivity contribution is 7.07. The fourth-order valence-corrected chi connectivity index (χ4v) is 5.57. The number of fused-ring (bicyclic) bond motifs is 4. The second-order valence-corrected chi connectivity index (χ2v) is 9.44. The highest BCUT2D eigenvalue weighted by atomic mass is 32.1. The number of hydrogen-bond acceptors (Lipinski definition) is 5. The first kappa shape index (κ1) is 21.4. The molecule has 7 heteroatoms. The van der Waals surface area contributed by atoms with E-state index in [4.69, 9.17) is 15.2 Å². The molecular weight excluding hydrogens is 478 g/mol. The number of aromatic nitrogens is 3. The minimum absolute atomic E-state index is 0.111. The Morgan fingerprint density at radius 1 is 0.703 bits per heavy atom. The summed E-state index contributed by atoms with van der Waals surface area (Å²) in [5.41, 5.74) is 5.82. The van der Waals surface area contributed by atoms with Crippen LogP contribution in [0.3, 0.4) is 0 Å². The molecule has 4 aromatic carbocycles. The first-order chi connectivity index (χ1) is 18.3. The van der Waals surface area contributed by atoms with Gasteiger partial charge in [0.2, 0.25) is 4.80 Å². The van der Waals surface area contributed by atoms with E-state index in [1.54, 1.807) is 10.6 Å². The van der Waals surface area contributed by atoms with Crippen LogP contribution in [0.5, 0.6) is 0 Å². The first-order valence-electron chi connectivity index (χ1n) is 11.8. The third kappa shape index (κ3) is 3.48. The van der Waals surface area contributed by atoms with Crippen LogP contribution < -0.4 is 10.4 Å². The number of rotatable bonds is 3. The molecule has 1 aliphatic rings. The lowest BCUT2D eigenvalue weighted by Crippen LogP contribution is -2.21. The Morgan fingerprint density at radius 3 is 2.24 bits per heavy atom. The fourth-order valence-electron chi connectivity index (χ4n) is 4.71. The van der Waals surface area contributed by atoms with Gasteiger partial charge in [-0.15, -0.1) is 21.5 Å². The van der Waals surface area contributed by atoms with Gasteiger partial charge in [0.1, 0.15) is 5.71 Å². The zero-order valence-electron chi connectivity index (χ0n) is 19.5. The second kappa shape index (κ2) is 8.65. The Bertz CT molecular complexity index is 1950. The maximum atomic E-state index is 13.4. The van der Waals surface area contributed by atoms with Crippen molar-refractivity contribution >= 4 is 28.0 Å². The summed E-state index contributed by atoms with van der Waals surface area (Å²) in [5.74, 6) is 0.500. The lowest BCUT2D eigenvalue weighted by Gasteiger charge is -2.08. The van der Waals surface area contributed by atoms with Crippen molar-refractivity contribution in [2.45, 2.75) is 0 Å². The van der Waals surface area contributed by atoms with Crippen LogP contribution in [0.25, 0.3) is 33.5 Å². The Labute approximate surface area is 215 Å². The van der Waals surface area contributed by atoms with Crippen LogP contribution in [0, 0.1) is 0 Å². The Kier molecular flexibility index (Phi) is 5.01. The van der Waals surface area contributed by atoms with Crippen LogP contribution in [0.15, 0.2) is 130 Å². The molecule has 37 heavy (non-hydrogen) atoms. The third-order valence-corrected chi connectivity index (χ3v) is 7.23. The van der Waals surface area contributed by atoms with Gasteiger partial charge in [-0.05, 0) is 35.9 Å². The van der Waals surface area contributed by atoms with Gasteiger partial charge in [0.15, 0.2) is 5.82 Å². The van der Waals surface area contributed by atoms with Crippen LogP contribution in [0.2, 0.25) is 0 Å². The molecule has 0 N–H and O–H groups in total. The fraction of sp³-hybridized carbons (Fsp3) is 0. The van der Waals surface area contributed by atoms with Crippen LogP contribution in [0.4, 0.5) is 0 Å². The summed E-state index contributed by atoms with van der Waals surface area (Å²) in [4.78, 5) is 19.0. The molecule has 6 nitrogen and oxygen atoms in total. The molecule has 0 atom stereocenters. The van der Waals surface area contributed by atoms with Gasteiger partial charge in [-0.3, -0.25) is 13.9 Å². The normalized spacial score (nSPS) is 13.7. The maximum absolute atomic E-state index is 13.4. The monoisotopic (exact) mass is 497 g/mol. The van der Waals surface area contributed by atoms with Gasteiger partial charge in [0, 0.05) is 16.6 Å². The molecular formula is C30H19N5OS. The smallest absolute Gasteiger partial charge is 0.266 e. The first-order valence-corrected chi connectivity index (χ1v) is 12.7. The zero-order valence-corrected chi connectivity index (χ0v) is 20.3. The van der Waals surface area contributed by atoms with Crippen LogP contribution in [0.1, 0.15) is 11.4 Å². The molecule has 0 aliphatic carbocycles. The van der Waals surface area contributed by atoms with E-state index in [0.29, 0.717) is 22.4 Å². The highest BCUT2D eigenvalue weighted by Gasteiger charge is 2.28. The predicted octanol–water partition coefficient (Wildman–Crippen LogP) is 5.57. The Hall–Kier alpha value is -4.88. The maximum Gasteiger partial charge on any atom is 0.266 e. The lowest BCUT2D eigenvalue weighted by atomic mass is 10.1. The minimum Gasteiger partial charge on any atom is -0.284 e. The molecule has 0 spiro atoms. The van der Waals surface area contributed by atoms with Crippen molar-refractivity contribution in [3.05, 3.63) is 141 Å². The summed E-state index contributed by atoms with van der Waals surface area (Å²) < 4.78 is 3.74. The Morgan fingerprint density at radius 2 is 1.41 bits per heavy atom. The number of thiazole rings is 1. The average Bonchev–Trinajstić information content (AvgIpc) is 3.52. The molecule has 7 rings (SSSR count). The van der Waals surface area contributed by atoms with E-state index in [0.717, 1.165) is 33.0 Å². The van der Waals surface area contributed by atoms with E-state index in [-0.39, 0.29) is 5.56 Å². The third-order valence-electron chi connectivity index (χ3n) is 6.42. The van der Waals surface area contributed by atoms with E-state index < -0.39 is 0 Å². The molecule has 0 unspecified atom stereocenters. The topological polar surface area (TPSA) is 64.5 Å². The van der Waals surface area contributed by atoms with E-state index in [2.05, 4.69) is 34.2 Å². The number of benzene rings is 4. The summed E-state index contributed by atoms with van der Waals surface area (Å²) in [7, 11) is 0. The number of hydrogen-bond donors (Lipinski definition) is 0. The van der Waals surface area contributed by atoms with Gasteiger partial charge >= 0.3 is 0 Å². The quantitative estimate of drug-likeness (QED) is 0.300. The SMILES string of the molecule is O=c1c2ccccc2nc2n1-c1ccccc1/C2=N/N=c1/scc(-c2ccccc2)n1-c1ccccc1. The van der Waals surface area contributed by atoms with Crippen molar-refractivity contribution in [3.8, 4) is 22.6 Å². The van der Waals surface area contributed by atoms with Gasteiger partial charge in [0.25, 0.3) is 5.56 Å². The summed E-state index contributed by atoms with van der Waals surface area (Å²) in [6.07, 6.45) is 0. The summed E-state index contributed by atoms with van der Waals surface area (Å²) in [6, 6.07) is 35.5. The van der Waals surface area contributed by atoms with Crippen molar-refractivity contribution in [1.82, 2.24) is 14.1 Å². The molecule has 0 bridgehead atoms. The average molecular weight is 498 g/mol. The van der Waals surface area contributed by atoms with Crippen molar-refractivity contribution in [2.24, 2.45) is 10.2 Å². The van der Waals surface area contributed by atoms with Gasteiger partial charge in [-0.1, -0.05) is 78.9 Å². The van der Waals surface area contributed by atoms with Crippen LogP contribution >= 0.6 is 11.3 Å². The van der Waals surface area contributed by atoms with Crippen LogP contribution in [-0.4, -0.2) is 19.8 Å². The zero-order chi connectivity index (χ0) is 24.8. The van der Waals surface area contributed by atoms with Crippen molar-refractivity contribution < 1.29 is 0 Å². The molecule has 0 saturated carbocycles.